The third kappa shape index (κ3) is 1.21. The number of quaternary nitrogens is 1. The summed E-state index contributed by atoms with van der Waals surface area (Å²) in [6, 6.07) is 0. The van der Waals surface area contributed by atoms with Crippen LogP contribution in [0.3, 0.4) is 0 Å². The molecule has 0 amide bonds. The minimum atomic E-state index is -0.208. The average Bonchev–Trinajstić information content (AvgIpc) is 1.67. The Morgan fingerprint density at radius 3 is 2.12 bits per heavy atom. The third-order valence-corrected chi connectivity index (χ3v) is 0.852. The molecule has 0 aromatic heterocycles. The molecule has 3 N–H and O–H groups in total. The van der Waals surface area contributed by atoms with Gasteiger partial charge in [-0.05, 0) is 0 Å². The lowest BCUT2D eigenvalue weighted by Crippen LogP contribution is -2.45. The van der Waals surface area contributed by atoms with Crippen LogP contribution in [0.1, 0.15) is 0 Å². The van der Waals surface area contributed by atoms with Crippen LogP contribution < -0.4 is 5.73 Å². The summed E-state index contributed by atoms with van der Waals surface area (Å²) >= 11 is 0. The second-order valence-corrected chi connectivity index (χ2v) is 1.94. The molecule has 0 aromatic rings. The highest BCUT2D eigenvalue weighted by Gasteiger charge is 2.18. The van der Waals surface area contributed by atoms with Crippen LogP contribution in [0.15, 0.2) is 0 Å². The standard InChI is InChI=1S/C4H9N4/c1-8(2,3-5)4(6)7/h1-2H3,(H3,6,7)/q+1. The summed E-state index contributed by atoms with van der Waals surface area (Å²) in [5.41, 5.74) is 5.01. The van der Waals surface area contributed by atoms with Gasteiger partial charge in [-0.3, -0.25) is 0 Å². The molecule has 4 heteroatoms. The van der Waals surface area contributed by atoms with Gasteiger partial charge in [0.1, 0.15) is 0 Å². The molecule has 0 saturated heterocycles. The van der Waals surface area contributed by atoms with Crippen LogP contribution in [0, 0.1) is 16.9 Å². The van der Waals surface area contributed by atoms with Crippen LogP contribution in [0.2, 0.25) is 0 Å². The van der Waals surface area contributed by atoms with Gasteiger partial charge < -0.3 is 5.73 Å². The van der Waals surface area contributed by atoms with E-state index in [0.717, 1.165) is 0 Å². The van der Waals surface area contributed by atoms with E-state index in [1.54, 1.807) is 14.1 Å². The van der Waals surface area contributed by atoms with Gasteiger partial charge in [0.25, 0.3) is 0 Å². The molecule has 0 aromatic carbocycles. The zero-order valence-corrected chi connectivity index (χ0v) is 4.97. The maximum atomic E-state index is 8.27. The molecule has 0 aliphatic carbocycles. The van der Waals surface area contributed by atoms with Crippen molar-refractivity contribution in [3.63, 3.8) is 0 Å². The van der Waals surface area contributed by atoms with E-state index in [-0.39, 0.29) is 10.4 Å². The van der Waals surface area contributed by atoms with E-state index < -0.39 is 0 Å². The van der Waals surface area contributed by atoms with Crippen LogP contribution in [-0.4, -0.2) is 24.5 Å². The molecule has 4 nitrogen and oxygen atoms in total. The van der Waals surface area contributed by atoms with Crippen LogP contribution >= 0.6 is 0 Å². The molecule has 44 valence electrons. The Labute approximate surface area is 48.2 Å². The van der Waals surface area contributed by atoms with Gasteiger partial charge in [0.05, 0.1) is 14.1 Å². The number of nitrogens with one attached hydrogen (secondary N) is 1. The third-order valence-electron chi connectivity index (χ3n) is 0.852. The molecule has 0 atom stereocenters. The minimum Gasteiger partial charge on any atom is -0.337 e. The highest BCUT2D eigenvalue weighted by atomic mass is 15.4. The number of hydrogen-bond acceptors (Lipinski definition) is 2. The highest BCUT2D eigenvalue weighted by molar-refractivity contribution is 5.67. The quantitative estimate of drug-likeness (QED) is 0.191. The molecule has 8 heavy (non-hydrogen) atoms. The average molecular weight is 113 g/mol. The van der Waals surface area contributed by atoms with Gasteiger partial charge in [-0.15, -0.1) is 5.26 Å². The Morgan fingerprint density at radius 1 is 1.75 bits per heavy atom. The van der Waals surface area contributed by atoms with Crippen LogP contribution in [-0.2, 0) is 0 Å². The number of hydrogen-bond donors (Lipinski definition) is 2. The lowest BCUT2D eigenvalue weighted by atomic mass is 10.7. The van der Waals surface area contributed by atoms with Gasteiger partial charge in [-0.2, -0.15) is 4.48 Å². The second kappa shape index (κ2) is 1.80. The molecule has 0 heterocycles. The van der Waals surface area contributed by atoms with Gasteiger partial charge in [0.2, 0.25) is 0 Å². The molecule has 0 aliphatic heterocycles. The fourth-order valence-corrected chi connectivity index (χ4v) is 0.0539. The summed E-state index contributed by atoms with van der Waals surface area (Å²) in [6.45, 7) is 0. The maximum Gasteiger partial charge on any atom is 0.316 e. The van der Waals surface area contributed by atoms with Crippen molar-refractivity contribution in [1.29, 1.82) is 10.7 Å². The second-order valence-electron chi connectivity index (χ2n) is 1.94. The predicted molar refractivity (Wildman–Crippen MR) is 29.6 cm³/mol. The lowest BCUT2D eigenvalue weighted by Gasteiger charge is -2.13. The zero-order valence-electron chi connectivity index (χ0n) is 4.97. The molecule has 0 saturated carbocycles. The number of nitrogens with two attached hydrogens (primary N) is 1. The normalized spacial score (nSPS) is 10.1. The minimum absolute atomic E-state index is 0.146. The molecule has 0 radical (unpaired) electrons. The molecule has 0 bridgehead atoms. The topological polar surface area (TPSA) is 73.7 Å². The molecule has 0 unspecified atom stereocenters. The monoisotopic (exact) mass is 113 g/mol. The van der Waals surface area contributed by atoms with Crippen molar-refractivity contribution < 1.29 is 4.48 Å². The van der Waals surface area contributed by atoms with E-state index in [0.29, 0.717) is 0 Å². The Kier molecular flexibility index (Phi) is 1.56. The van der Waals surface area contributed by atoms with Crippen molar-refractivity contribution in [3.8, 4) is 6.19 Å². The summed E-state index contributed by atoms with van der Waals surface area (Å²) in [4.78, 5) is 0. The molecular formula is C4H9N4+. The van der Waals surface area contributed by atoms with Gasteiger partial charge >= 0.3 is 12.2 Å². The van der Waals surface area contributed by atoms with E-state index in [9.17, 15) is 0 Å². The van der Waals surface area contributed by atoms with Gasteiger partial charge in [0.15, 0.2) is 0 Å². The smallest absolute Gasteiger partial charge is 0.316 e. The first-order valence-electron chi connectivity index (χ1n) is 2.10. The van der Waals surface area contributed by atoms with Crippen molar-refractivity contribution >= 4 is 5.96 Å². The summed E-state index contributed by atoms with van der Waals surface area (Å²) in [7, 11) is 3.09. The Bertz CT molecular complexity index is 141. The Morgan fingerprint density at radius 2 is 2.12 bits per heavy atom. The molecule has 0 aliphatic rings. The maximum absolute atomic E-state index is 8.27. The van der Waals surface area contributed by atoms with Gasteiger partial charge in [-0.25, -0.2) is 5.41 Å². The van der Waals surface area contributed by atoms with E-state index in [1.165, 1.54) is 0 Å². The molecular weight excluding hydrogens is 104 g/mol. The number of nitriles is 1. The summed E-state index contributed by atoms with van der Waals surface area (Å²) in [5.74, 6) is -0.146. The summed E-state index contributed by atoms with van der Waals surface area (Å²) in [5, 5.41) is 15.1. The fraction of sp³-hybridized carbons (Fsp3) is 0.500. The fourth-order valence-electron chi connectivity index (χ4n) is 0.0539. The first-order chi connectivity index (χ1) is 3.50. The highest BCUT2D eigenvalue weighted by Crippen LogP contribution is 1.87. The first kappa shape index (κ1) is 6.92. The SMILES string of the molecule is C[N+](C)(C#N)C(=N)N. The summed E-state index contributed by atoms with van der Waals surface area (Å²) in [6.07, 6.45) is 1.83. The van der Waals surface area contributed by atoms with Crippen molar-refractivity contribution in [2.75, 3.05) is 14.1 Å². The molecule has 0 spiro atoms. The summed E-state index contributed by atoms with van der Waals surface area (Å²) < 4.78 is -0.208. The van der Waals surface area contributed by atoms with Crippen molar-refractivity contribution in [2.45, 2.75) is 0 Å². The van der Waals surface area contributed by atoms with Crippen molar-refractivity contribution in [1.82, 2.24) is 0 Å². The van der Waals surface area contributed by atoms with Gasteiger partial charge in [-0.1, -0.05) is 0 Å². The lowest BCUT2D eigenvalue weighted by molar-refractivity contribution is -0.729. The number of guanidine groups is 1. The van der Waals surface area contributed by atoms with Crippen molar-refractivity contribution in [3.05, 3.63) is 0 Å². The first-order valence-corrected chi connectivity index (χ1v) is 2.10. The Balaban J connectivity index is 4.19. The largest absolute Gasteiger partial charge is 0.337 e. The van der Waals surface area contributed by atoms with Crippen molar-refractivity contribution in [2.24, 2.45) is 5.73 Å². The van der Waals surface area contributed by atoms with Crippen LogP contribution in [0.25, 0.3) is 0 Å². The van der Waals surface area contributed by atoms with Crippen LogP contribution in [0.4, 0.5) is 0 Å². The number of rotatable bonds is 0. The molecule has 0 fully saturated rings. The number of nitrogens with zero attached hydrogens (tertiary/aromatic N) is 2. The van der Waals surface area contributed by atoms with E-state index in [2.05, 4.69) is 0 Å². The predicted octanol–water partition coefficient (Wildman–Crippen LogP) is -0.563. The van der Waals surface area contributed by atoms with E-state index in [1.807, 2.05) is 6.19 Å². The van der Waals surface area contributed by atoms with Crippen LogP contribution in [0.5, 0.6) is 0 Å². The van der Waals surface area contributed by atoms with Gasteiger partial charge in [0, 0.05) is 0 Å². The Hall–Kier alpha value is -1.08. The van der Waals surface area contributed by atoms with E-state index >= 15 is 0 Å². The molecule has 0 rings (SSSR count). The van der Waals surface area contributed by atoms with E-state index in [4.69, 9.17) is 16.4 Å². The zero-order chi connectivity index (χ0) is 6.78.